The van der Waals surface area contributed by atoms with E-state index in [0.717, 1.165) is 85.0 Å². The van der Waals surface area contributed by atoms with Crippen LogP contribution in [-0.2, 0) is 50.2 Å². The predicted molar refractivity (Wildman–Crippen MR) is 232 cm³/mol. The lowest BCUT2D eigenvalue weighted by Crippen LogP contribution is -2.33. The van der Waals surface area contributed by atoms with Gasteiger partial charge in [-0.25, -0.2) is 23.9 Å². The minimum Gasteiger partial charge on any atom is -0.465 e. The molecule has 4 aromatic carbocycles. The second kappa shape index (κ2) is 16.7. The van der Waals surface area contributed by atoms with E-state index in [-0.39, 0.29) is 24.1 Å². The molecule has 1 aliphatic carbocycles. The van der Waals surface area contributed by atoms with Crippen LogP contribution < -0.4 is 9.47 Å². The van der Waals surface area contributed by atoms with Gasteiger partial charge < -0.3 is 37.6 Å². The van der Waals surface area contributed by atoms with Crippen molar-refractivity contribution in [1.82, 2.24) is 24.0 Å². The van der Waals surface area contributed by atoms with Crippen molar-refractivity contribution in [1.29, 1.82) is 0 Å². The highest BCUT2D eigenvalue weighted by Gasteiger charge is 2.58. The number of carbonyl (C=O) groups is 2. The summed E-state index contributed by atoms with van der Waals surface area (Å²) in [5, 5.41) is 0.328. The molecule has 1 saturated carbocycles. The summed E-state index contributed by atoms with van der Waals surface area (Å²) in [6.07, 6.45) is 2.42. The third-order valence-electron chi connectivity index (χ3n) is 13.0. The van der Waals surface area contributed by atoms with Gasteiger partial charge in [-0.15, -0.1) is 11.6 Å². The summed E-state index contributed by atoms with van der Waals surface area (Å²) >= 11 is 11.9. The first-order valence-corrected chi connectivity index (χ1v) is 22.1. The maximum absolute atomic E-state index is 14.8. The minimum atomic E-state index is -1.26. The number of hydrogen-bond acceptors (Lipinski definition) is 11. The smallest absolute Gasteiger partial charge is 0.337 e. The summed E-state index contributed by atoms with van der Waals surface area (Å²) in [5.41, 5.74) is 5.96. The van der Waals surface area contributed by atoms with E-state index in [1.807, 2.05) is 34.9 Å². The molecule has 3 saturated heterocycles. The fraction of sp³-hybridized carbons (Fsp3) is 0.404. The van der Waals surface area contributed by atoms with Crippen molar-refractivity contribution in [2.45, 2.75) is 69.2 Å². The number of hydrogen-bond donors (Lipinski definition) is 0. The second-order valence-electron chi connectivity index (χ2n) is 16.9. The van der Waals surface area contributed by atoms with Crippen LogP contribution in [0.4, 0.5) is 4.39 Å². The van der Waals surface area contributed by atoms with Crippen molar-refractivity contribution in [3.63, 3.8) is 0 Å². The summed E-state index contributed by atoms with van der Waals surface area (Å²) in [6.45, 7) is 7.36. The third kappa shape index (κ3) is 7.79. The van der Waals surface area contributed by atoms with Crippen LogP contribution in [0.3, 0.4) is 0 Å². The zero-order chi connectivity index (χ0) is 43.6. The lowest BCUT2D eigenvalue weighted by molar-refractivity contribution is -0.0710. The second-order valence-corrected chi connectivity index (χ2v) is 17.6. The maximum Gasteiger partial charge on any atom is 0.337 e. The van der Waals surface area contributed by atoms with Gasteiger partial charge in [-0.2, -0.15) is 0 Å². The fourth-order valence-electron chi connectivity index (χ4n) is 9.51. The number of benzene rings is 4. The van der Waals surface area contributed by atoms with Crippen LogP contribution in [0.2, 0.25) is 5.02 Å². The van der Waals surface area contributed by atoms with Crippen LogP contribution >= 0.6 is 23.2 Å². The maximum atomic E-state index is 14.8. The molecule has 6 heterocycles. The number of para-hydroxylation sites is 1. The monoisotopic (exact) mass is 897 g/mol. The Morgan fingerprint density at radius 3 is 1.94 bits per heavy atom. The van der Waals surface area contributed by atoms with Crippen molar-refractivity contribution in [3.8, 4) is 11.5 Å². The number of halogens is 3. The number of piperidine rings is 1. The first kappa shape index (κ1) is 41.7. The number of likely N-dealkylation sites (tertiary alicyclic amines) is 1. The molecule has 0 N–H and O–H groups in total. The topological polar surface area (TPSA) is 128 Å². The summed E-state index contributed by atoms with van der Waals surface area (Å²) in [4.78, 5) is 35.8. The highest BCUT2D eigenvalue weighted by molar-refractivity contribution is 6.30. The van der Waals surface area contributed by atoms with Crippen LogP contribution in [0, 0.1) is 17.7 Å². The van der Waals surface area contributed by atoms with Crippen LogP contribution in [0.1, 0.15) is 69.2 Å². The molecular formula is C47H46Cl2FN5O8. The Kier molecular flexibility index (Phi) is 11.1. The Bertz CT molecular complexity index is 2740. The molecule has 63 heavy (non-hydrogen) atoms. The molecule has 6 atom stereocenters. The largest absolute Gasteiger partial charge is 0.465 e. The number of methoxy groups -OCH3 is 2. The first-order valence-electron chi connectivity index (χ1n) is 21.2. The van der Waals surface area contributed by atoms with Crippen LogP contribution in [-0.4, -0.2) is 88.7 Å². The molecule has 2 aromatic heterocycles. The van der Waals surface area contributed by atoms with Gasteiger partial charge in [0.1, 0.15) is 17.5 Å². The number of alkyl halides is 1. The van der Waals surface area contributed by atoms with Crippen molar-refractivity contribution >= 4 is 57.2 Å². The van der Waals surface area contributed by atoms with Crippen molar-refractivity contribution in [2.75, 3.05) is 40.5 Å². The molecule has 4 aliphatic heterocycles. The van der Waals surface area contributed by atoms with Gasteiger partial charge in [-0.3, -0.25) is 4.90 Å². The molecule has 5 aliphatic rings. The highest BCUT2D eigenvalue weighted by atomic mass is 35.5. The van der Waals surface area contributed by atoms with Gasteiger partial charge in [0, 0.05) is 43.8 Å². The van der Waals surface area contributed by atoms with E-state index in [0.29, 0.717) is 69.9 Å². The van der Waals surface area contributed by atoms with E-state index in [2.05, 4.69) is 20.5 Å². The summed E-state index contributed by atoms with van der Waals surface area (Å²) < 4.78 is 52.6. The number of esters is 2. The Morgan fingerprint density at radius 2 is 1.40 bits per heavy atom. The zero-order valence-electron chi connectivity index (χ0n) is 35.0. The molecule has 4 fully saturated rings. The minimum absolute atomic E-state index is 0.156. The van der Waals surface area contributed by atoms with Crippen LogP contribution in [0.15, 0.2) is 72.8 Å². The van der Waals surface area contributed by atoms with E-state index in [1.165, 1.54) is 20.3 Å². The SMILES string of the molecule is COC(=O)c1ccc2nc(CCl)n(C[C@@H]3CCO3)c2c1.COC(=O)c1ccc2nc(CN3C[C@@H]4C(c5cccc6c5OC(C)(c5ccc(Cl)cc5F)O6)[C@@H]4C3)n(C[C@@H]3CCO3)c2c1. The van der Waals surface area contributed by atoms with E-state index < -0.39 is 11.6 Å². The predicted octanol–water partition coefficient (Wildman–Crippen LogP) is 8.24. The zero-order valence-corrected chi connectivity index (χ0v) is 36.5. The first-order chi connectivity index (χ1) is 30.5. The number of rotatable bonds is 11. The Morgan fingerprint density at radius 1 is 0.810 bits per heavy atom. The molecule has 0 bridgehead atoms. The Hall–Kier alpha value is -5.25. The van der Waals surface area contributed by atoms with Gasteiger partial charge in [-0.05, 0) is 91.3 Å². The molecule has 0 amide bonds. The van der Waals surface area contributed by atoms with Gasteiger partial charge in [-0.1, -0.05) is 23.7 Å². The van der Waals surface area contributed by atoms with Gasteiger partial charge in [0.15, 0.2) is 11.5 Å². The van der Waals surface area contributed by atoms with Crippen LogP contribution in [0.5, 0.6) is 11.5 Å². The van der Waals surface area contributed by atoms with Crippen molar-refractivity contribution in [2.24, 2.45) is 11.8 Å². The van der Waals surface area contributed by atoms with Crippen molar-refractivity contribution < 1.29 is 42.4 Å². The molecule has 328 valence electrons. The quantitative estimate of drug-likeness (QED) is 0.0922. The number of fused-ring (bicyclic) bond motifs is 4. The summed E-state index contributed by atoms with van der Waals surface area (Å²) in [7, 11) is 2.76. The van der Waals surface area contributed by atoms with E-state index in [9.17, 15) is 14.0 Å². The molecule has 0 spiro atoms. The average Bonchev–Trinajstić information content (AvgIpc) is 3.65. The van der Waals surface area contributed by atoms with E-state index >= 15 is 0 Å². The Balaban J connectivity index is 0.000000197. The number of carbonyl (C=O) groups excluding carboxylic acids is 2. The molecular weight excluding hydrogens is 852 g/mol. The molecule has 11 rings (SSSR count). The van der Waals surface area contributed by atoms with Gasteiger partial charge in [0.2, 0.25) is 0 Å². The van der Waals surface area contributed by atoms with E-state index in [1.54, 1.807) is 37.3 Å². The highest BCUT2D eigenvalue weighted by Crippen LogP contribution is 2.62. The number of nitrogens with zero attached hydrogens (tertiary/aromatic N) is 5. The van der Waals surface area contributed by atoms with Gasteiger partial charge >= 0.3 is 11.9 Å². The van der Waals surface area contributed by atoms with Crippen molar-refractivity contribution in [3.05, 3.63) is 118 Å². The fourth-order valence-corrected chi connectivity index (χ4v) is 9.87. The third-order valence-corrected chi connectivity index (χ3v) is 13.5. The average molecular weight is 899 g/mol. The number of ether oxygens (including phenoxy) is 6. The van der Waals surface area contributed by atoms with Gasteiger partial charge in [0.25, 0.3) is 5.79 Å². The molecule has 6 aromatic rings. The standard InChI is InChI=1S/C33H31ClFN3O5.C14H15ClN2O3/c1-33(24-8-7-19(34)13-25(24)35)42-28-5-3-4-21(31(28)43-33)30-22-15-37(16-23(22)30)17-29-36-26-9-6-18(32(39)40-2)12-27(26)38(29)14-20-10-11-41-20;1-19-14(18)9-2-3-11-12(6-9)17(13(7-15)16-11)8-10-4-5-20-10/h3-9,12-13,20,22-23,30H,10-11,14-17H2,1-2H3;2-3,6,10H,4-5,7-8H2,1H3/t20-,22-,23+,30?,33?;10-/m00/s1. The molecule has 0 radical (unpaired) electrons. The number of imidazole rings is 2. The Labute approximate surface area is 372 Å². The molecule has 13 nitrogen and oxygen atoms in total. The summed E-state index contributed by atoms with van der Waals surface area (Å²) in [6, 6.07) is 21.4. The summed E-state index contributed by atoms with van der Waals surface area (Å²) in [5.74, 6) is 2.34. The van der Waals surface area contributed by atoms with Gasteiger partial charge in [0.05, 0.1) is 90.7 Å². The lowest BCUT2D eigenvalue weighted by Gasteiger charge is -2.28. The normalized spacial score (nSPS) is 24.3. The number of aromatic nitrogens is 4. The van der Waals surface area contributed by atoms with Crippen LogP contribution in [0.25, 0.3) is 22.1 Å². The van der Waals surface area contributed by atoms with E-state index in [4.69, 9.17) is 56.6 Å². The molecule has 16 heteroatoms. The lowest BCUT2D eigenvalue weighted by atomic mass is 10.0. The molecule has 2 unspecified atom stereocenters.